The quantitative estimate of drug-likeness (QED) is 0.838. The van der Waals surface area contributed by atoms with Crippen LogP contribution in [-0.4, -0.2) is 39.9 Å². The third-order valence-corrected chi connectivity index (χ3v) is 6.36. The van der Waals surface area contributed by atoms with Crippen LogP contribution < -0.4 is 5.56 Å². The fourth-order valence-corrected chi connectivity index (χ4v) is 5.10. The van der Waals surface area contributed by atoms with Crippen LogP contribution in [0, 0.1) is 12.3 Å². The Labute approximate surface area is 147 Å². The number of aryl methyl sites for hydroxylation is 2. The summed E-state index contributed by atoms with van der Waals surface area (Å²) in [6.07, 6.45) is -0.859. The highest BCUT2D eigenvalue weighted by Gasteiger charge is 2.44. The number of amides is 1. The fraction of sp³-hybridized carbons (Fsp3) is 0.588. The number of alkyl halides is 2. The van der Waals surface area contributed by atoms with Crippen molar-refractivity contribution in [3.8, 4) is 0 Å². The van der Waals surface area contributed by atoms with Crippen molar-refractivity contribution in [1.29, 1.82) is 0 Å². The number of carbonyl (C=O) groups is 1. The molecule has 0 aliphatic carbocycles. The van der Waals surface area contributed by atoms with Crippen LogP contribution in [0.25, 0.3) is 10.2 Å². The van der Waals surface area contributed by atoms with Crippen LogP contribution in [0.5, 0.6) is 0 Å². The second-order valence-corrected chi connectivity index (χ2v) is 8.39. The van der Waals surface area contributed by atoms with Gasteiger partial charge in [0.05, 0.1) is 10.3 Å². The maximum atomic E-state index is 12.8. The van der Waals surface area contributed by atoms with Crippen molar-refractivity contribution in [3.05, 3.63) is 26.6 Å². The van der Waals surface area contributed by atoms with Crippen LogP contribution in [0.15, 0.2) is 4.79 Å². The molecule has 0 radical (unpaired) electrons. The SMILES string of the molecule is Cc1c(C(=O)N2CC(C)(CC(F)F)C2)sc2nc3n(c(=O)c12)CCC3. The Morgan fingerprint density at radius 3 is 2.80 bits per heavy atom. The third kappa shape index (κ3) is 2.58. The average Bonchev–Trinajstić information content (AvgIpc) is 3.09. The molecule has 2 aromatic rings. The predicted octanol–water partition coefficient (Wildman–Crippen LogP) is 2.83. The number of carbonyl (C=O) groups excluding carboxylic acids is 1. The van der Waals surface area contributed by atoms with Gasteiger partial charge in [0.1, 0.15) is 10.7 Å². The Morgan fingerprint density at radius 1 is 1.40 bits per heavy atom. The zero-order valence-corrected chi connectivity index (χ0v) is 15.0. The standard InChI is InChI=1S/C17H19F2N3O2S/c1-9-12-14(20-11-4-3-5-22(11)15(12)23)25-13(9)16(24)21-7-17(2,8-21)6-10(18)19/h10H,3-8H2,1-2H3. The number of rotatable bonds is 3. The highest BCUT2D eigenvalue weighted by molar-refractivity contribution is 7.20. The first-order chi connectivity index (χ1) is 11.8. The molecule has 5 nitrogen and oxygen atoms in total. The molecule has 2 aliphatic heterocycles. The van der Waals surface area contributed by atoms with Gasteiger partial charge in [-0.15, -0.1) is 11.3 Å². The normalized spacial score (nSPS) is 18.7. The van der Waals surface area contributed by atoms with E-state index in [1.807, 2.05) is 0 Å². The summed E-state index contributed by atoms with van der Waals surface area (Å²) < 4.78 is 26.9. The van der Waals surface area contributed by atoms with Gasteiger partial charge < -0.3 is 4.90 Å². The summed E-state index contributed by atoms with van der Waals surface area (Å²) in [5.41, 5.74) is 0.0662. The molecule has 4 rings (SSSR count). The molecule has 2 aliphatic rings. The molecule has 0 aromatic carbocycles. The molecule has 8 heteroatoms. The minimum atomic E-state index is -2.36. The fourth-order valence-electron chi connectivity index (χ4n) is 3.94. The van der Waals surface area contributed by atoms with Crippen molar-refractivity contribution in [2.24, 2.45) is 5.41 Å². The van der Waals surface area contributed by atoms with E-state index in [0.717, 1.165) is 18.7 Å². The van der Waals surface area contributed by atoms with Gasteiger partial charge in [-0.2, -0.15) is 0 Å². The summed E-state index contributed by atoms with van der Waals surface area (Å²) in [7, 11) is 0. The summed E-state index contributed by atoms with van der Waals surface area (Å²) in [6.45, 7) is 4.88. The topological polar surface area (TPSA) is 55.2 Å². The van der Waals surface area contributed by atoms with E-state index in [2.05, 4.69) is 4.98 Å². The predicted molar refractivity (Wildman–Crippen MR) is 91.6 cm³/mol. The number of thiophene rings is 1. The zero-order chi connectivity index (χ0) is 17.9. The van der Waals surface area contributed by atoms with Crippen molar-refractivity contribution in [3.63, 3.8) is 0 Å². The number of hydrogen-bond acceptors (Lipinski definition) is 4. The Balaban J connectivity index is 1.65. The summed E-state index contributed by atoms with van der Waals surface area (Å²) in [6, 6.07) is 0. The first kappa shape index (κ1) is 16.6. The average molecular weight is 367 g/mol. The molecule has 0 N–H and O–H groups in total. The monoisotopic (exact) mass is 367 g/mol. The zero-order valence-electron chi connectivity index (χ0n) is 14.1. The molecule has 0 atom stereocenters. The van der Waals surface area contributed by atoms with E-state index in [1.54, 1.807) is 23.3 Å². The van der Waals surface area contributed by atoms with E-state index in [9.17, 15) is 18.4 Å². The van der Waals surface area contributed by atoms with Crippen molar-refractivity contribution < 1.29 is 13.6 Å². The minimum Gasteiger partial charge on any atom is -0.337 e. The lowest BCUT2D eigenvalue weighted by atomic mass is 9.79. The second-order valence-electron chi connectivity index (χ2n) is 7.39. The molecule has 25 heavy (non-hydrogen) atoms. The Hall–Kier alpha value is -1.83. The molecule has 0 unspecified atom stereocenters. The molecule has 0 saturated carbocycles. The minimum absolute atomic E-state index is 0.0727. The number of aromatic nitrogens is 2. The van der Waals surface area contributed by atoms with E-state index in [4.69, 9.17) is 0 Å². The van der Waals surface area contributed by atoms with Gasteiger partial charge in [-0.05, 0) is 18.9 Å². The van der Waals surface area contributed by atoms with Crippen LogP contribution in [-0.2, 0) is 13.0 Å². The Bertz CT molecular complexity index is 928. The largest absolute Gasteiger partial charge is 0.337 e. The van der Waals surface area contributed by atoms with Crippen LogP contribution in [0.1, 0.15) is 40.8 Å². The number of nitrogens with zero attached hydrogens (tertiary/aromatic N) is 3. The molecule has 0 bridgehead atoms. The van der Waals surface area contributed by atoms with Crippen molar-refractivity contribution >= 4 is 27.5 Å². The van der Waals surface area contributed by atoms with Gasteiger partial charge in [-0.3, -0.25) is 14.2 Å². The van der Waals surface area contributed by atoms with Gasteiger partial charge in [0, 0.05) is 37.9 Å². The summed E-state index contributed by atoms with van der Waals surface area (Å²) in [5.74, 6) is 0.600. The van der Waals surface area contributed by atoms with E-state index in [-0.39, 0.29) is 17.9 Å². The van der Waals surface area contributed by atoms with Gasteiger partial charge in [0.2, 0.25) is 6.43 Å². The van der Waals surface area contributed by atoms with Crippen LogP contribution in [0.4, 0.5) is 8.78 Å². The smallest absolute Gasteiger partial charge is 0.264 e. The van der Waals surface area contributed by atoms with E-state index in [0.29, 0.717) is 40.3 Å². The maximum Gasteiger partial charge on any atom is 0.264 e. The molecule has 134 valence electrons. The Morgan fingerprint density at radius 2 is 2.12 bits per heavy atom. The van der Waals surface area contributed by atoms with Gasteiger partial charge in [0.15, 0.2) is 0 Å². The second kappa shape index (κ2) is 5.59. The molecule has 0 spiro atoms. The molecule has 1 fully saturated rings. The summed E-state index contributed by atoms with van der Waals surface area (Å²) in [4.78, 5) is 32.7. The lowest BCUT2D eigenvalue weighted by Crippen LogP contribution is -2.57. The van der Waals surface area contributed by atoms with Crippen molar-refractivity contribution in [2.45, 2.75) is 46.1 Å². The van der Waals surface area contributed by atoms with Crippen LogP contribution in [0.2, 0.25) is 0 Å². The molecule has 4 heterocycles. The molecule has 1 saturated heterocycles. The number of hydrogen-bond donors (Lipinski definition) is 0. The molecule has 2 aromatic heterocycles. The van der Waals surface area contributed by atoms with Gasteiger partial charge >= 0.3 is 0 Å². The highest BCUT2D eigenvalue weighted by Crippen LogP contribution is 2.38. The van der Waals surface area contributed by atoms with Gasteiger partial charge in [-0.1, -0.05) is 6.92 Å². The van der Waals surface area contributed by atoms with Gasteiger partial charge in [0.25, 0.3) is 11.5 Å². The highest BCUT2D eigenvalue weighted by atomic mass is 32.1. The first-order valence-electron chi connectivity index (χ1n) is 8.39. The van der Waals surface area contributed by atoms with E-state index < -0.39 is 11.8 Å². The van der Waals surface area contributed by atoms with Crippen LogP contribution >= 0.6 is 11.3 Å². The number of likely N-dealkylation sites (tertiary alicyclic amines) is 1. The Kier molecular flexibility index (Phi) is 3.72. The number of fused-ring (bicyclic) bond motifs is 2. The molecular weight excluding hydrogens is 348 g/mol. The lowest BCUT2D eigenvalue weighted by molar-refractivity contribution is -0.0217. The number of halogens is 2. The maximum absolute atomic E-state index is 12.8. The molecule has 1 amide bonds. The van der Waals surface area contributed by atoms with Crippen molar-refractivity contribution in [2.75, 3.05) is 13.1 Å². The summed E-state index contributed by atoms with van der Waals surface area (Å²) >= 11 is 1.24. The van der Waals surface area contributed by atoms with Crippen molar-refractivity contribution in [1.82, 2.24) is 14.5 Å². The molecular formula is C17H19F2N3O2S. The lowest BCUT2D eigenvalue weighted by Gasteiger charge is -2.48. The summed E-state index contributed by atoms with van der Waals surface area (Å²) in [5, 5.41) is 0.523. The van der Waals surface area contributed by atoms with E-state index in [1.165, 1.54) is 11.3 Å². The first-order valence-corrected chi connectivity index (χ1v) is 9.21. The van der Waals surface area contributed by atoms with E-state index >= 15 is 0 Å². The van der Waals surface area contributed by atoms with Crippen LogP contribution in [0.3, 0.4) is 0 Å². The third-order valence-electron chi connectivity index (χ3n) is 5.19. The van der Waals surface area contributed by atoms with Gasteiger partial charge in [-0.25, -0.2) is 13.8 Å².